The molecule has 21 heavy (non-hydrogen) atoms. The third-order valence-electron chi connectivity index (χ3n) is 4.10. The first-order valence-electron chi connectivity index (χ1n) is 6.95. The zero-order valence-corrected chi connectivity index (χ0v) is 12.1. The van der Waals surface area contributed by atoms with Gasteiger partial charge in [-0.2, -0.15) is 0 Å². The predicted molar refractivity (Wildman–Crippen MR) is 79.5 cm³/mol. The van der Waals surface area contributed by atoms with E-state index in [0.29, 0.717) is 29.8 Å². The topological polar surface area (TPSA) is 104 Å². The summed E-state index contributed by atoms with van der Waals surface area (Å²) in [5.41, 5.74) is 0.845. The van der Waals surface area contributed by atoms with Crippen molar-refractivity contribution in [2.75, 3.05) is 17.2 Å². The maximum absolute atomic E-state index is 11.4. The number of fused-ring (bicyclic) bond motifs is 1. The molecule has 1 aromatic carbocycles. The van der Waals surface area contributed by atoms with Gasteiger partial charge in [-0.05, 0) is 24.5 Å². The van der Waals surface area contributed by atoms with E-state index in [2.05, 4.69) is 10.6 Å². The summed E-state index contributed by atoms with van der Waals surface area (Å²) >= 11 is 0. The lowest BCUT2D eigenvalue weighted by atomic mass is 9.93. The van der Waals surface area contributed by atoms with Crippen LogP contribution in [0.3, 0.4) is 0 Å². The number of aliphatic hydroxyl groups is 1. The number of anilines is 2. The Kier molecular flexibility index (Phi) is 4.13. The number of nitrogens with one attached hydrogen (secondary N) is 2. The van der Waals surface area contributed by atoms with E-state index in [0.717, 1.165) is 0 Å². The Labute approximate surface area is 122 Å². The molecule has 1 heterocycles. The van der Waals surface area contributed by atoms with Gasteiger partial charge in [0, 0.05) is 11.8 Å². The average Bonchev–Trinajstić information content (AvgIpc) is 2.83. The molecule has 0 aromatic heterocycles. The molecule has 1 amide bonds. The fraction of sp³-hybridized carbons (Fsp3) is 0.500. The minimum absolute atomic E-state index is 0.0787. The lowest BCUT2D eigenvalue weighted by Gasteiger charge is -2.31. The van der Waals surface area contributed by atoms with Crippen molar-refractivity contribution in [3.05, 3.63) is 27.8 Å². The number of hydrogen-bond acceptors (Lipinski definition) is 5. The minimum atomic E-state index is -0.610. The third kappa shape index (κ3) is 2.82. The lowest BCUT2D eigenvalue weighted by molar-refractivity contribution is -0.384. The number of amides is 1. The van der Waals surface area contributed by atoms with Gasteiger partial charge in [0.05, 0.1) is 23.5 Å². The summed E-state index contributed by atoms with van der Waals surface area (Å²) < 4.78 is 0. The molecular weight excluding hydrogens is 274 g/mol. The standard InChI is InChI=1S/C14H19N3O4/c1-3-14(4-2,8-18)16-11-7-10-9(6-13(19)15-10)5-12(11)17(20)21/h5,7,16,18H,3-4,6,8H2,1-2H3,(H,15,19). The Hall–Kier alpha value is -2.15. The molecule has 0 radical (unpaired) electrons. The molecule has 0 spiro atoms. The van der Waals surface area contributed by atoms with Gasteiger partial charge < -0.3 is 15.7 Å². The van der Waals surface area contributed by atoms with Gasteiger partial charge in [0.2, 0.25) is 5.91 Å². The Bertz CT molecular complexity index is 574. The number of nitro benzene ring substituents is 1. The predicted octanol–water partition coefficient (Wildman–Crippen LogP) is 2.05. The number of aliphatic hydroxyl groups excluding tert-OH is 1. The summed E-state index contributed by atoms with van der Waals surface area (Å²) in [6.45, 7) is 3.70. The molecule has 0 fully saturated rings. The summed E-state index contributed by atoms with van der Waals surface area (Å²) in [4.78, 5) is 22.2. The van der Waals surface area contributed by atoms with E-state index >= 15 is 0 Å². The van der Waals surface area contributed by atoms with Crippen molar-refractivity contribution in [1.82, 2.24) is 0 Å². The van der Waals surface area contributed by atoms with Gasteiger partial charge in [-0.3, -0.25) is 14.9 Å². The maximum atomic E-state index is 11.4. The normalized spacial score (nSPS) is 13.8. The highest BCUT2D eigenvalue weighted by molar-refractivity contribution is 6.00. The van der Waals surface area contributed by atoms with Crippen molar-refractivity contribution in [2.45, 2.75) is 38.6 Å². The molecule has 1 aliphatic heterocycles. The molecule has 2 rings (SSSR count). The van der Waals surface area contributed by atoms with Crippen LogP contribution in [0.5, 0.6) is 0 Å². The molecule has 0 unspecified atom stereocenters. The van der Waals surface area contributed by atoms with Crippen LogP contribution in [0.2, 0.25) is 0 Å². The highest BCUT2D eigenvalue weighted by Gasteiger charge is 2.30. The van der Waals surface area contributed by atoms with Crippen LogP contribution in [0.1, 0.15) is 32.3 Å². The van der Waals surface area contributed by atoms with E-state index in [1.165, 1.54) is 6.07 Å². The largest absolute Gasteiger partial charge is 0.394 e. The highest BCUT2D eigenvalue weighted by atomic mass is 16.6. The van der Waals surface area contributed by atoms with E-state index in [1.807, 2.05) is 13.8 Å². The number of hydrogen-bond donors (Lipinski definition) is 3. The maximum Gasteiger partial charge on any atom is 0.292 e. The van der Waals surface area contributed by atoms with Crippen LogP contribution >= 0.6 is 0 Å². The third-order valence-corrected chi connectivity index (χ3v) is 4.10. The van der Waals surface area contributed by atoms with Crippen molar-refractivity contribution >= 4 is 23.0 Å². The smallest absolute Gasteiger partial charge is 0.292 e. The van der Waals surface area contributed by atoms with Crippen molar-refractivity contribution in [3.63, 3.8) is 0 Å². The lowest BCUT2D eigenvalue weighted by Crippen LogP contribution is -2.41. The van der Waals surface area contributed by atoms with Crippen LogP contribution < -0.4 is 10.6 Å². The number of rotatable bonds is 6. The van der Waals surface area contributed by atoms with Gasteiger partial charge in [-0.15, -0.1) is 0 Å². The van der Waals surface area contributed by atoms with E-state index in [9.17, 15) is 20.0 Å². The summed E-state index contributed by atoms with van der Waals surface area (Å²) in [5.74, 6) is -0.171. The Balaban J connectivity index is 2.45. The Morgan fingerprint density at radius 2 is 2.10 bits per heavy atom. The van der Waals surface area contributed by atoms with Gasteiger partial charge in [-0.1, -0.05) is 13.8 Å². The molecule has 7 heteroatoms. The first-order valence-corrected chi connectivity index (χ1v) is 6.95. The van der Waals surface area contributed by atoms with Gasteiger partial charge in [0.1, 0.15) is 5.69 Å². The van der Waals surface area contributed by atoms with E-state index in [1.54, 1.807) is 6.07 Å². The van der Waals surface area contributed by atoms with Gasteiger partial charge in [0.15, 0.2) is 0 Å². The zero-order chi connectivity index (χ0) is 15.6. The Morgan fingerprint density at radius 3 is 2.62 bits per heavy atom. The van der Waals surface area contributed by atoms with Gasteiger partial charge >= 0.3 is 0 Å². The monoisotopic (exact) mass is 293 g/mol. The summed E-state index contributed by atoms with van der Waals surface area (Å²) in [6.07, 6.45) is 1.41. The molecule has 0 saturated heterocycles. The van der Waals surface area contributed by atoms with Crippen molar-refractivity contribution in [3.8, 4) is 0 Å². The molecule has 3 N–H and O–H groups in total. The van der Waals surface area contributed by atoms with Crippen LogP contribution in [0, 0.1) is 10.1 Å². The summed E-state index contributed by atoms with van der Waals surface area (Å²) in [6, 6.07) is 3.00. The molecular formula is C14H19N3O4. The van der Waals surface area contributed by atoms with Crippen LogP contribution in [-0.4, -0.2) is 28.1 Å². The molecule has 0 atom stereocenters. The minimum Gasteiger partial charge on any atom is -0.394 e. The Morgan fingerprint density at radius 1 is 1.43 bits per heavy atom. The fourth-order valence-corrected chi connectivity index (χ4v) is 2.49. The van der Waals surface area contributed by atoms with Crippen molar-refractivity contribution < 1.29 is 14.8 Å². The average molecular weight is 293 g/mol. The van der Waals surface area contributed by atoms with Crippen LogP contribution in [-0.2, 0) is 11.2 Å². The first-order chi connectivity index (χ1) is 9.94. The molecule has 1 aromatic rings. The molecule has 114 valence electrons. The zero-order valence-electron chi connectivity index (χ0n) is 12.1. The molecule has 0 saturated carbocycles. The second-order valence-electron chi connectivity index (χ2n) is 5.28. The number of benzene rings is 1. The molecule has 0 bridgehead atoms. The second-order valence-corrected chi connectivity index (χ2v) is 5.28. The first kappa shape index (κ1) is 15.2. The molecule has 0 aliphatic carbocycles. The van der Waals surface area contributed by atoms with Crippen molar-refractivity contribution in [2.24, 2.45) is 0 Å². The van der Waals surface area contributed by atoms with E-state index < -0.39 is 10.5 Å². The summed E-state index contributed by atoms with van der Waals surface area (Å²) in [7, 11) is 0. The quantitative estimate of drug-likeness (QED) is 0.550. The SMILES string of the molecule is CCC(CC)(CO)Nc1cc2c(cc1[N+](=O)[O-])CC(=O)N2. The van der Waals surface area contributed by atoms with Crippen LogP contribution in [0.25, 0.3) is 0 Å². The molecule has 7 nitrogen and oxygen atoms in total. The fourth-order valence-electron chi connectivity index (χ4n) is 2.49. The van der Waals surface area contributed by atoms with Crippen LogP contribution in [0.4, 0.5) is 17.1 Å². The number of nitrogens with zero attached hydrogens (tertiary/aromatic N) is 1. The highest BCUT2D eigenvalue weighted by Crippen LogP contribution is 2.36. The number of carbonyl (C=O) groups excluding carboxylic acids is 1. The van der Waals surface area contributed by atoms with E-state index in [4.69, 9.17) is 0 Å². The van der Waals surface area contributed by atoms with Crippen molar-refractivity contribution in [1.29, 1.82) is 0 Å². The molecule has 1 aliphatic rings. The van der Waals surface area contributed by atoms with E-state index in [-0.39, 0.29) is 24.6 Å². The number of carbonyl (C=O) groups is 1. The van der Waals surface area contributed by atoms with Gasteiger partial charge in [0.25, 0.3) is 5.69 Å². The number of nitro groups is 1. The second kappa shape index (κ2) is 5.69. The van der Waals surface area contributed by atoms with Crippen LogP contribution in [0.15, 0.2) is 12.1 Å². The van der Waals surface area contributed by atoms with Gasteiger partial charge in [-0.25, -0.2) is 0 Å². The summed E-state index contributed by atoms with van der Waals surface area (Å²) in [5, 5.41) is 26.6.